The molecule has 1 aromatic rings. The number of benzene rings is 1. The summed E-state index contributed by atoms with van der Waals surface area (Å²) in [5.41, 5.74) is 3.93. The molecule has 0 aromatic heterocycles. The van der Waals surface area contributed by atoms with E-state index in [9.17, 15) is 0 Å². The molecule has 0 spiro atoms. The molecular weight excluding hydrogens is 198 g/mol. The second-order valence-electron chi connectivity index (χ2n) is 4.52. The first-order chi connectivity index (χ1) is 7.58. The summed E-state index contributed by atoms with van der Waals surface area (Å²) in [5, 5.41) is 12.6. The first-order valence-corrected chi connectivity index (χ1v) is 6.02. The fourth-order valence-corrected chi connectivity index (χ4v) is 1.78. The van der Waals surface area contributed by atoms with E-state index in [1.165, 1.54) is 16.7 Å². The van der Waals surface area contributed by atoms with Crippen molar-refractivity contribution in [2.75, 3.05) is 6.61 Å². The molecule has 2 atom stereocenters. The van der Waals surface area contributed by atoms with Gasteiger partial charge < -0.3 is 10.4 Å². The van der Waals surface area contributed by atoms with Crippen molar-refractivity contribution < 1.29 is 5.11 Å². The smallest absolute Gasteiger partial charge is 0.0584 e. The Morgan fingerprint density at radius 1 is 1.25 bits per heavy atom. The van der Waals surface area contributed by atoms with Gasteiger partial charge in [-0.05, 0) is 43.9 Å². The molecule has 0 amide bonds. The second kappa shape index (κ2) is 6.02. The Kier molecular flexibility index (Phi) is 4.97. The highest BCUT2D eigenvalue weighted by Gasteiger charge is 2.11. The predicted molar refractivity (Wildman–Crippen MR) is 68.6 cm³/mol. The Bertz CT molecular complexity index is 332. The molecule has 0 bridgehead atoms. The van der Waals surface area contributed by atoms with Crippen LogP contribution in [0.3, 0.4) is 0 Å². The van der Waals surface area contributed by atoms with Crippen molar-refractivity contribution in [3.63, 3.8) is 0 Å². The van der Waals surface area contributed by atoms with Crippen LogP contribution in [-0.4, -0.2) is 17.8 Å². The zero-order valence-corrected chi connectivity index (χ0v) is 10.7. The van der Waals surface area contributed by atoms with Gasteiger partial charge in [0, 0.05) is 12.1 Å². The third kappa shape index (κ3) is 3.32. The third-order valence-corrected chi connectivity index (χ3v) is 3.23. The highest BCUT2D eigenvalue weighted by atomic mass is 16.3. The maximum absolute atomic E-state index is 9.16. The number of hydrogen-bond donors (Lipinski definition) is 2. The lowest BCUT2D eigenvalue weighted by Gasteiger charge is -2.21. The Morgan fingerprint density at radius 2 is 1.94 bits per heavy atom. The van der Waals surface area contributed by atoms with Crippen LogP contribution in [0.25, 0.3) is 0 Å². The van der Waals surface area contributed by atoms with Crippen LogP contribution in [0.5, 0.6) is 0 Å². The van der Waals surface area contributed by atoms with Crippen LogP contribution in [0, 0.1) is 13.8 Å². The monoisotopic (exact) mass is 221 g/mol. The van der Waals surface area contributed by atoms with Crippen LogP contribution >= 0.6 is 0 Å². The summed E-state index contributed by atoms with van der Waals surface area (Å²) in [7, 11) is 0. The molecule has 1 unspecified atom stereocenters. The second-order valence-corrected chi connectivity index (χ2v) is 4.52. The van der Waals surface area contributed by atoms with Crippen molar-refractivity contribution in [1.82, 2.24) is 5.32 Å². The minimum Gasteiger partial charge on any atom is -0.395 e. The molecule has 0 heterocycles. The SMILES string of the molecule is CC[C@H](CO)NC(C)c1ccc(C)c(C)c1. The van der Waals surface area contributed by atoms with Crippen LogP contribution in [-0.2, 0) is 0 Å². The highest BCUT2D eigenvalue weighted by Crippen LogP contribution is 2.17. The maximum Gasteiger partial charge on any atom is 0.0584 e. The predicted octanol–water partition coefficient (Wildman–Crippen LogP) is 2.72. The normalized spacial score (nSPS) is 14.8. The largest absolute Gasteiger partial charge is 0.395 e. The van der Waals surface area contributed by atoms with E-state index in [0.29, 0.717) is 0 Å². The van der Waals surface area contributed by atoms with Gasteiger partial charge in [-0.15, -0.1) is 0 Å². The number of nitrogens with one attached hydrogen (secondary N) is 1. The molecule has 0 fully saturated rings. The number of aliphatic hydroxyl groups is 1. The van der Waals surface area contributed by atoms with E-state index >= 15 is 0 Å². The number of aryl methyl sites for hydroxylation is 2. The van der Waals surface area contributed by atoms with Crippen LogP contribution in [0.15, 0.2) is 18.2 Å². The van der Waals surface area contributed by atoms with Crippen molar-refractivity contribution in [2.24, 2.45) is 0 Å². The molecule has 90 valence electrons. The van der Waals surface area contributed by atoms with Gasteiger partial charge in [0.15, 0.2) is 0 Å². The first-order valence-electron chi connectivity index (χ1n) is 6.02. The maximum atomic E-state index is 9.16. The van der Waals surface area contributed by atoms with E-state index in [1.54, 1.807) is 0 Å². The van der Waals surface area contributed by atoms with E-state index in [0.717, 1.165) is 6.42 Å². The summed E-state index contributed by atoms with van der Waals surface area (Å²) < 4.78 is 0. The highest BCUT2D eigenvalue weighted by molar-refractivity contribution is 5.31. The molecule has 1 aromatic carbocycles. The van der Waals surface area contributed by atoms with E-state index in [1.807, 2.05) is 0 Å². The third-order valence-electron chi connectivity index (χ3n) is 3.23. The number of rotatable bonds is 5. The molecule has 0 aliphatic carbocycles. The van der Waals surface area contributed by atoms with Gasteiger partial charge in [0.2, 0.25) is 0 Å². The molecule has 0 saturated heterocycles. The van der Waals surface area contributed by atoms with E-state index < -0.39 is 0 Å². The van der Waals surface area contributed by atoms with Gasteiger partial charge in [0.25, 0.3) is 0 Å². The Balaban J connectivity index is 2.72. The first kappa shape index (κ1) is 13.2. The topological polar surface area (TPSA) is 32.3 Å². The fourth-order valence-electron chi connectivity index (χ4n) is 1.78. The fraction of sp³-hybridized carbons (Fsp3) is 0.571. The van der Waals surface area contributed by atoms with Crippen LogP contribution < -0.4 is 5.32 Å². The molecule has 2 heteroatoms. The van der Waals surface area contributed by atoms with Gasteiger partial charge in [0.05, 0.1) is 6.61 Å². The number of hydrogen-bond acceptors (Lipinski definition) is 2. The molecule has 0 aliphatic rings. The lowest BCUT2D eigenvalue weighted by molar-refractivity contribution is 0.230. The summed E-state index contributed by atoms with van der Waals surface area (Å²) in [6.07, 6.45) is 0.950. The summed E-state index contributed by atoms with van der Waals surface area (Å²) in [6.45, 7) is 8.68. The molecule has 2 N–H and O–H groups in total. The zero-order valence-electron chi connectivity index (χ0n) is 10.7. The molecule has 0 aliphatic heterocycles. The average molecular weight is 221 g/mol. The average Bonchev–Trinajstić information content (AvgIpc) is 2.29. The van der Waals surface area contributed by atoms with E-state index in [4.69, 9.17) is 5.11 Å². The Hall–Kier alpha value is -0.860. The summed E-state index contributed by atoms with van der Waals surface area (Å²) in [4.78, 5) is 0. The van der Waals surface area contributed by atoms with Gasteiger partial charge in [-0.1, -0.05) is 25.1 Å². The summed E-state index contributed by atoms with van der Waals surface area (Å²) in [5.74, 6) is 0. The van der Waals surface area contributed by atoms with Gasteiger partial charge in [-0.25, -0.2) is 0 Å². The van der Waals surface area contributed by atoms with Crippen molar-refractivity contribution in [2.45, 2.75) is 46.2 Å². The van der Waals surface area contributed by atoms with Crippen molar-refractivity contribution in [1.29, 1.82) is 0 Å². The van der Waals surface area contributed by atoms with Crippen molar-refractivity contribution in [3.05, 3.63) is 34.9 Å². The Labute approximate surface area is 98.7 Å². The molecular formula is C14H23NO. The van der Waals surface area contributed by atoms with Crippen LogP contribution in [0.1, 0.15) is 43.0 Å². The van der Waals surface area contributed by atoms with Crippen LogP contribution in [0.2, 0.25) is 0 Å². The molecule has 16 heavy (non-hydrogen) atoms. The van der Waals surface area contributed by atoms with E-state index in [-0.39, 0.29) is 18.7 Å². The molecule has 0 saturated carbocycles. The van der Waals surface area contributed by atoms with Crippen LogP contribution in [0.4, 0.5) is 0 Å². The van der Waals surface area contributed by atoms with E-state index in [2.05, 4.69) is 51.2 Å². The summed E-state index contributed by atoms with van der Waals surface area (Å²) >= 11 is 0. The molecule has 2 nitrogen and oxygen atoms in total. The quantitative estimate of drug-likeness (QED) is 0.801. The van der Waals surface area contributed by atoms with Gasteiger partial charge in [0.1, 0.15) is 0 Å². The lowest BCUT2D eigenvalue weighted by atomic mass is 10.0. The minimum absolute atomic E-state index is 0.191. The lowest BCUT2D eigenvalue weighted by Crippen LogP contribution is -2.33. The van der Waals surface area contributed by atoms with Gasteiger partial charge in [-0.2, -0.15) is 0 Å². The zero-order chi connectivity index (χ0) is 12.1. The minimum atomic E-state index is 0.191. The standard InChI is InChI=1S/C14H23NO/c1-5-14(9-16)15-12(4)13-7-6-10(2)11(3)8-13/h6-8,12,14-16H,5,9H2,1-4H3/t12?,14-/m1/s1. The Morgan fingerprint density at radius 3 is 2.44 bits per heavy atom. The van der Waals surface area contributed by atoms with Gasteiger partial charge in [-0.3, -0.25) is 0 Å². The van der Waals surface area contributed by atoms with Crippen molar-refractivity contribution in [3.8, 4) is 0 Å². The van der Waals surface area contributed by atoms with Crippen molar-refractivity contribution >= 4 is 0 Å². The molecule has 1 rings (SSSR count). The van der Waals surface area contributed by atoms with Gasteiger partial charge >= 0.3 is 0 Å². The molecule has 0 radical (unpaired) electrons. The summed E-state index contributed by atoms with van der Waals surface area (Å²) in [6, 6.07) is 7.01. The number of aliphatic hydroxyl groups excluding tert-OH is 1.